The Balaban J connectivity index is 1.21. The molecule has 0 radical (unpaired) electrons. The minimum atomic E-state index is -0.818. The van der Waals surface area contributed by atoms with E-state index in [9.17, 15) is 10.2 Å². The zero-order valence-electron chi connectivity index (χ0n) is 23.3. The molecule has 0 bridgehead atoms. The van der Waals surface area contributed by atoms with Gasteiger partial charge < -0.3 is 30.2 Å². The molecule has 2 saturated heterocycles. The number of hydrogen-bond donors (Lipinski definition) is 3. The number of anilines is 4. The van der Waals surface area contributed by atoms with Gasteiger partial charge in [-0.1, -0.05) is 6.07 Å². The predicted octanol–water partition coefficient (Wildman–Crippen LogP) is 3.39. The Hall–Kier alpha value is -3.86. The summed E-state index contributed by atoms with van der Waals surface area (Å²) in [7, 11) is 2.17. The third kappa shape index (κ3) is 5.42. The van der Waals surface area contributed by atoms with E-state index in [0.29, 0.717) is 37.1 Å². The van der Waals surface area contributed by atoms with Gasteiger partial charge in [-0.2, -0.15) is 0 Å². The van der Waals surface area contributed by atoms with Gasteiger partial charge in [-0.25, -0.2) is 15.0 Å². The molecule has 10 heteroatoms. The number of aliphatic hydroxyl groups excluding tert-OH is 2. The molecule has 4 aromatic rings. The van der Waals surface area contributed by atoms with Gasteiger partial charge in [0.1, 0.15) is 11.6 Å². The standard InChI is InChI=1S/C31H36N8O2/c1-37-11-13-38(14-12-37)23-4-2-3-22(16-23)34-28-15-21(7-9-33-28)30-35-25-18-32-17-24(20-5-6-20)29(25)31(36-30)39-10-8-26(40)27(41)19-39/h2-4,7,9,15-18,20,26-27,40-41H,5-6,8,10-14,19H2,1H3,(H,33,34)/t26-,27-/m0/s1. The number of rotatable bonds is 6. The van der Waals surface area contributed by atoms with Gasteiger partial charge in [0, 0.05) is 74.0 Å². The molecule has 0 amide bonds. The van der Waals surface area contributed by atoms with Crippen molar-refractivity contribution in [1.82, 2.24) is 24.8 Å². The number of piperidine rings is 1. The summed E-state index contributed by atoms with van der Waals surface area (Å²) in [6, 6.07) is 12.4. The van der Waals surface area contributed by atoms with Crippen LogP contribution in [0, 0.1) is 0 Å². The lowest BCUT2D eigenvalue weighted by molar-refractivity contribution is 0.00792. The summed E-state index contributed by atoms with van der Waals surface area (Å²) in [5.41, 5.74) is 4.98. The highest BCUT2D eigenvalue weighted by molar-refractivity contribution is 5.94. The Labute approximate surface area is 239 Å². The number of likely N-dealkylation sites (N-methyl/N-ethyl adjacent to an activating group) is 1. The molecule has 2 atom stereocenters. The molecule has 3 N–H and O–H groups in total. The number of piperazine rings is 1. The van der Waals surface area contributed by atoms with E-state index in [1.54, 1.807) is 12.4 Å². The van der Waals surface area contributed by atoms with Crippen molar-refractivity contribution < 1.29 is 10.2 Å². The summed E-state index contributed by atoms with van der Waals surface area (Å²) < 4.78 is 0. The van der Waals surface area contributed by atoms with Crippen LogP contribution in [-0.2, 0) is 0 Å². The van der Waals surface area contributed by atoms with Crippen LogP contribution in [-0.4, -0.2) is 93.6 Å². The molecule has 212 valence electrons. The first kappa shape index (κ1) is 26.1. The van der Waals surface area contributed by atoms with E-state index in [1.807, 2.05) is 18.3 Å². The smallest absolute Gasteiger partial charge is 0.162 e. The molecule has 3 fully saturated rings. The molecule has 0 unspecified atom stereocenters. The molecule has 0 spiro atoms. The second kappa shape index (κ2) is 10.8. The monoisotopic (exact) mass is 552 g/mol. The zero-order valence-corrected chi connectivity index (χ0v) is 23.3. The summed E-state index contributed by atoms with van der Waals surface area (Å²) >= 11 is 0. The zero-order chi connectivity index (χ0) is 27.9. The van der Waals surface area contributed by atoms with Crippen LogP contribution in [0.4, 0.5) is 23.0 Å². The molecule has 1 saturated carbocycles. The van der Waals surface area contributed by atoms with Crippen LogP contribution in [0.15, 0.2) is 55.0 Å². The van der Waals surface area contributed by atoms with Crippen molar-refractivity contribution in [2.75, 3.05) is 61.4 Å². The molecule has 10 nitrogen and oxygen atoms in total. The fraction of sp³-hybridized carbons (Fsp3) is 0.419. The lowest BCUT2D eigenvalue weighted by atomic mass is 10.0. The van der Waals surface area contributed by atoms with Gasteiger partial charge in [0.2, 0.25) is 0 Å². The number of pyridine rings is 2. The van der Waals surface area contributed by atoms with E-state index in [2.05, 4.69) is 61.3 Å². The molecule has 41 heavy (non-hydrogen) atoms. The molecular weight excluding hydrogens is 516 g/mol. The van der Waals surface area contributed by atoms with E-state index < -0.39 is 12.2 Å². The number of β-amino-alcohol motifs (C(OH)–C–C–N with tert-alkyl or cyclic N) is 1. The molecule has 3 aliphatic rings. The maximum Gasteiger partial charge on any atom is 0.162 e. The molecule has 3 aromatic heterocycles. The predicted molar refractivity (Wildman–Crippen MR) is 161 cm³/mol. The number of nitrogens with one attached hydrogen (secondary N) is 1. The van der Waals surface area contributed by atoms with Crippen molar-refractivity contribution in [2.24, 2.45) is 0 Å². The summed E-state index contributed by atoms with van der Waals surface area (Å²) in [4.78, 5) is 26.0. The van der Waals surface area contributed by atoms with Gasteiger partial charge in [-0.05, 0) is 68.1 Å². The first-order chi connectivity index (χ1) is 20.0. The van der Waals surface area contributed by atoms with Crippen molar-refractivity contribution in [3.8, 4) is 11.4 Å². The quantitative estimate of drug-likeness (QED) is 0.329. The van der Waals surface area contributed by atoms with E-state index in [1.165, 1.54) is 11.3 Å². The summed E-state index contributed by atoms with van der Waals surface area (Å²) in [5.74, 6) is 2.56. The van der Waals surface area contributed by atoms with Crippen molar-refractivity contribution >= 4 is 33.9 Å². The normalized spacial score (nSPS) is 21.8. The highest BCUT2D eigenvalue weighted by Crippen LogP contribution is 2.45. The fourth-order valence-corrected chi connectivity index (χ4v) is 5.89. The maximum atomic E-state index is 10.5. The van der Waals surface area contributed by atoms with Gasteiger partial charge in [0.05, 0.1) is 23.9 Å². The van der Waals surface area contributed by atoms with Crippen molar-refractivity contribution in [3.63, 3.8) is 0 Å². The first-order valence-electron chi connectivity index (χ1n) is 14.6. The number of aliphatic hydroxyl groups is 2. The van der Waals surface area contributed by atoms with Gasteiger partial charge in [0.25, 0.3) is 0 Å². The number of benzene rings is 1. The van der Waals surface area contributed by atoms with Gasteiger partial charge in [-0.3, -0.25) is 4.98 Å². The SMILES string of the molecule is CN1CCN(c2cccc(Nc3cc(-c4nc(N5CC[C@H](O)[C@@H](O)C5)c5c(C6CC6)cncc5n4)ccn3)c2)CC1. The van der Waals surface area contributed by atoms with Crippen molar-refractivity contribution in [1.29, 1.82) is 0 Å². The molecule has 7 rings (SSSR count). The summed E-state index contributed by atoms with van der Waals surface area (Å²) in [6.45, 7) is 5.08. The van der Waals surface area contributed by atoms with Gasteiger partial charge in [0.15, 0.2) is 5.82 Å². The number of aromatic nitrogens is 4. The average Bonchev–Trinajstić information content (AvgIpc) is 3.84. The highest BCUT2D eigenvalue weighted by Gasteiger charge is 2.32. The van der Waals surface area contributed by atoms with Crippen LogP contribution in [0.1, 0.15) is 30.7 Å². The highest BCUT2D eigenvalue weighted by atomic mass is 16.3. The summed E-state index contributed by atoms with van der Waals surface area (Å²) in [6.07, 6.45) is 6.74. The third-order valence-electron chi connectivity index (χ3n) is 8.49. The van der Waals surface area contributed by atoms with Crippen LogP contribution >= 0.6 is 0 Å². The van der Waals surface area contributed by atoms with Gasteiger partial charge >= 0.3 is 0 Å². The van der Waals surface area contributed by atoms with E-state index in [0.717, 1.165) is 67.0 Å². The lowest BCUT2D eigenvalue weighted by Crippen LogP contribution is -2.47. The van der Waals surface area contributed by atoms with E-state index in [-0.39, 0.29) is 0 Å². The Morgan fingerprint density at radius 3 is 2.54 bits per heavy atom. The molecule has 5 heterocycles. The number of hydrogen-bond acceptors (Lipinski definition) is 10. The lowest BCUT2D eigenvalue weighted by Gasteiger charge is -2.35. The van der Waals surface area contributed by atoms with Crippen LogP contribution in [0.25, 0.3) is 22.3 Å². The molecular formula is C31H36N8O2. The van der Waals surface area contributed by atoms with Crippen LogP contribution < -0.4 is 15.1 Å². The second-order valence-corrected chi connectivity index (χ2v) is 11.5. The van der Waals surface area contributed by atoms with Crippen molar-refractivity contribution in [3.05, 3.63) is 60.6 Å². The minimum absolute atomic E-state index is 0.325. The maximum absolute atomic E-state index is 10.5. The summed E-state index contributed by atoms with van der Waals surface area (Å²) in [5, 5.41) is 25.1. The van der Waals surface area contributed by atoms with Crippen LogP contribution in [0.3, 0.4) is 0 Å². The molecule has 2 aliphatic heterocycles. The average molecular weight is 553 g/mol. The third-order valence-corrected chi connectivity index (χ3v) is 8.49. The minimum Gasteiger partial charge on any atom is -0.390 e. The fourth-order valence-electron chi connectivity index (χ4n) is 5.89. The molecule has 1 aromatic carbocycles. The van der Waals surface area contributed by atoms with E-state index in [4.69, 9.17) is 9.97 Å². The Morgan fingerprint density at radius 2 is 1.73 bits per heavy atom. The Bertz CT molecular complexity index is 1550. The Morgan fingerprint density at radius 1 is 0.878 bits per heavy atom. The number of fused-ring (bicyclic) bond motifs is 1. The van der Waals surface area contributed by atoms with Crippen LogP contribution in [0.5, 0.6) is 0 Å². The van der Waals surface area contributed by atoms with Gasteiger partial charge in [-0.15, -0.1) is 0 Å². The second-order valence-electron chi connectivity index (χ2n) is 11.5. The Kier molecular flexibility index (Phi) is 6.90. The topological polar surface area (TPSA) is 114 Å². The van der Waals surface area contributed by atoms with Crippen molar-refractivity contribution in [2.45, 2.75) is 37.4 Å². The van der Waals surface area contributed by atoms with E-state index >= 15 is 0 Å². The van der Waals surface area contributed by atoms with Crippen LogP contribution in [0.2, 0.25) is 0 Å². The molecule has 1 aliphatic carbocycles. The first-order valence-corrected chi connectivity index (χ1v) is 14.6. The largest absolute Gasteiger partial charge is 0.390 e. The number of nitrogens with zero attached hydrogens (tertiary/aromatic N) is 7.